The van der Waals surface area contributed by atoms with Gasteiger partial charge in [0.15, 0.2) is 5.82 Å². The number of hydrogen-bond acceptors (Lipinski definition) is 6. The SMILES string of the molecule is O=c1ccc(C2CC2)nn1C1COCC1Nc1nncc2ccccc12. The molecule has 3 heterocycles. The molecule has 0 bridgehead atoms. The van der Waals surface area contributed by atoms with Crippen LogP contribution in [0.3, 0.4) is 0 Å². The molecule has 2 aliphatic rings. The average molecular weight is 349 g/mol. The van der Waals surface area contributed by atoms with Gasteiger partial charge in [-0.15, -0.1) is 5.10 Å². The molecule has 3 aromatic rings. The zero-order valence-electron chi connectivity index (χ0n) is 14.2. The first-order valence-electron chi connectivity index (χ1n) is 8.94. The summed E-state index contributed by atoms with van der Waals surface area (Å²) in [4.78, 5) is 12.4. The molecule has 7 nitrogen and oxygen atoms in total. The molecule has 2 atom stereocenters. The van der Waals surface area contributed by atoms with Crippen LogP contribution in [0.5, 0.6) is 0 Å². The quantitative estimate of drug-likeness (QED) is 0.777. The van der Waals surface area contributed by atoms with Gasteiger partial charge in [-0.25, -0.2) is 4.68 Å². The lowest BCUT2D eigenvalue weighted by atomic mass is 10.1. The molecule has 1 saturated carbocycles. The molecule has 2 unspecified atom stereocenters. The number of fused-ring (bicyclic) bond motifs is 1. The van der Waals surface area contributed by atoms with Crippen molar-refractivity contribution in [2.24, 2.45) is 0 Å². The third-order valence-electron chi connectivity index (χ3n) is 5.10. The summed E-state index contributed by atoms with van der Waals surface area (Å²) < 4.78 is 7.25. The Hall–Kier alpha value is -2.80. The van der Waals surface area contributed by atoms with E-state index in [0.29, 0.717) is 24.9 Å². The number of nitrogens with zero attached hydrogens (tertiary/aromatic N) is 4. The van der Waals surface area contributed by atoms with E-state index in [1.54, 1.807) is 16.9 Å². The van der Waals surface area contributed by atoms with Crippen molar-refractivity contribution in [1.82, 2.24) is 20.0 Å². The van der Waals surface area contributed by atoms with Crippen molar-refractivity contribution in [2.75, 3.05) is 18.5 Å². The highest BCUT2D eigenvalue weighted by Crippen LogP contribution is 2.38. The van der Waals surface area contributed by atoms with Gasteiger partial charge in [0.1, 0.15) is 6.04 Å². The van der Waals surface area contributed by atoms with Crippen LogP contribution in [-0.4, -0.2) is 39.2 Å². The molecule has 1 aliphatic heterocycles. The summed E-state index contributed by atoms with van der Waals surface area (Å²) in [5.41, 5.74) is 0.904. The van der Waals surface area contributed by atoms with Crippen LogP contribution >= 0.6 is 0 Å². The molecular formula is C19H19N5O2. The van der Waals surface area contributed by atoms with Gasteiger partial charge in [0.25, 0.3) is 5.56 Å². The van der Waals surface area contributed by atoms with E-state index in [1.165, 1.54) is 0 Å². The summed E-state index contributed by atoms with van der Waals surface area (Å²) >= 11 is 0. The van der Waals surface area contributed by atoms with Gasteiger partial charge in [-0.05, 0) is 18.9 Å². The van der Waals surface area contributed by atoms with Crippen LogP contribution in [0.1, 0.15) is 30.5 Å². The zero-order chi connectivity index (χ0) is 17.5. The van der Waals surface area contributed by atoms with Crippen molar-refractivity contribution < 1.29 is 4.74 Å². The van der Waals surface area contributed by atoms with Gasteiger partial charge in [-0.3, -0.25) is 4.79 Å². The van der Waals surface area contributed by atoms with E-state index in [1.807, 2.05) is 30.3 Å². The lowest BCUT2D eigenvalue weighted by Gasteiger charge is -2.21. The van der Waals surface area contributed by atoms with Gasteiger partial charge >= 0.3 is 0 Å². The van der Waals surface area contributed by atoms with Crippen LogP contribution in [0, 0.1) is 0 Å². The Labute approximate surface area is 150 Å². The molecule has 5 rings (SSSR count). The van der Waals surface area contributed by atoms with Gasteiger partial charge in [0.2, 0.25) is 0 Å². The van der Waals surface area contributed by atoms with Crippen molar-refractivity contribution in [3.05, 3.63) is 58.6 Å². The number of aromatic nitrogens is 4. The molecular weight excluding hydrogens is 330 g/mol. The van der Waals surface area contributed by atoms with Crippen molar-refractivity contribution in [1.29, 1.82) is 0 Å². The molecule has 2 aromatic heterocycles. The molecule has 132 valence electrons. The minimum Gasteiger partial charge on any atom is -0.377 e. The van der Waals surface area contributed by atoms with E-state index in [-0.39, 0.29) is 17.6 Å². The Morgan fingerprint density at radius 1 is 1.12 bits per heavy atom. The largest absolute Gasteiger partial charge is 0.377 e. The summed E-state index contributed by atoms with van der Waals surface area (Å²) in [5.74, 6) is 1.20. The van der Waals surface area contributed by atoms with E-state index >= 15 is 0 Å². The fourth-order valence-corrected chi connectivity index (χ4v) is 3.51. The van der Waals surface area contributed by atoms with Crippen LogP contribution in [0.4, 0.5) is 5.82 Å². The maximum atomic E-state index is 12.4. The lowest BCUT2D eigenvalue weighted by Crippen LogP contribution is -2.37. The zero-order valence-corrected chi connectivity index (χ0v) is 14.2. The van der Waals surface area contributed by atoms with E-state index < -0.39 is 0 Å². The maximum Gasteiger partial charge on any atom is 0.267 e. The van der Waals surface area contributed by atoms with Gasteiger partial charge < -0.3 is 10.1 Å². The Morgan fingerprint density at radius 3 is 2.88 bits per heavy atom. The number of nitrogens with one attached hydrogen (secondary N) is 1. The average Bonchev–Trinajstić information content (AvgIpc) is 3.42. The monoisotopic (exact) mass is 349 g/mol. The summed E-state index contributed by atoms with van der Waals surface area (Å²) in [6.45, 7) is 0.953. The predicted octanol–water partition coefficient (Wildman–Crippen LogP) is 2.12. The van der Waals surface area contributed by atoms with Gasteiger partial charge in [-0.1, -0.05) is 24.3 Å². The van der Waals surface area contributed by atoms with Crippen LogP contribution in [0.25, 0.3) is 10.8 Å². The molecule has 1 N–H and O–H groups in total. The highest BCUT2D eigenvalue weighted by atomic mass is 16.5. The van der Waals surface area contributed by atoms with Crippen LogP contribution in [0.2, 0.25) is 0 Å². The van der Waals surface area contributed by atoms with Gasteiger partial charge in [0, 0.05) is 22.8 Å². The summed E-state index contributed by atoms with van der Waals surface area (Å²) in [6, 6.07) is 11.2. The molecule has 1 aromatic carbocycles. The third kappa shape index (κ3) is 2.74. The van der Waals surface area contributed by atoms with E-state index in [9.17, 15) is 4.79 Å². The number of ether oxygens (including phenoxy) is 1. The standard InChI is InChI=1S/C19H19N5O2/c25-18-8-7-15(12-5-6-12)23-24(18)17-11-26-10-16(17)21-19-14-4-2-1-3-13(14)9-20-22-19/h1-4,7-9,12,16-17H,5-6,10-11H2,(H,21,22). The van der Waals surface area contributed by atoms with E-state index in [0.717, 1.165) is 29.3 Å². The molecule has 2 fully saturated rings. The second-order valence-electron chi connectivity index (χ2n) is 6.95. The molecule has 7 heteroatoms. The second-order valence-corrected chi connectivity index (χ2v) is 6.95. The molecule has 1 aliphatic carbocycles. The second kappa shape index (κ2) is 6.17. The van der Waals surface area contributed by atoms with Crippen LogP contribution in [0.15, 0.2) is 47.4 Å². The number of benzene rings is 1. The number of hydrogen-bond donors (Lipinski definition) is 1. The van der Waals surface area contributed by atoms with Crippen molar-refractivity contribution >= 4 is 16.6 Å². The van der Waals surface area contributed by atoms with E-state index in [2.05, 4.69) is 20.6 Å². The summed E-state index contributed by atoms with van der Waals surface area (Å²) in [5, 5.41) is 18.4. The van der Waals surface area contributed by atoms with Crippen molar-refractivity contribution in [3.63, 3.8) is 0 Å². The predicted molar refractivity (Wildman–Crippen MR) is 97.3 cm³/mol. The first-order valence-corrected chi connectivity index (χ1v) is 8.94. The summed E-state index contributed by atoms with van der Waals surface area (Å²) in [7, 11) is 0. The first-order chi connectivity index (χ1) is 12.8. The Kier molecular flexibility index (Phi) is 3.67. The summed E-state index contributed by atoms with van der Waals surface area (Å²) in [6.07, 6.45) is 4.05. The molecule has 0 radical (unpaired) electrons. The maximum absolute atomic E-state index is 12.4. The molecule has 0 amide bonds. The molecule has 26 heavy (non-hydrogen) atoms. The third-order valence-corrected chi connectivity index (χ3v) is 5.10. The smallest absolute Gasteiger partial charge is 0.267 e. The van der Waals surface area contributed by atoms with Gasteiger partial charge in [-0.2, -0.15) is 10.2 Å². The van der Waals surface area contributed by atoms with Crippen molar-refractivity contribution in [2.45, 2.75) is 30.8 Å². The molecule has 1 saturated heterocycles. The highest BCUT2D eigenvalue weighted by molar-refractivity contribution is 5.90. The minimum absolute atomic E-state index is 0.0882. The Morgan fingerprint density at radius 2 is 2.00 bits per heavy atom. The fourth-order valence-electron chi connectivity index (χ4n) is 3.51. The van der Waals surface area contributed by atoms with E-state index in [4.69, 9.17) is 4.74 Å². The number of anilines is 1. The lowest BCUT2D eigenvalue weighted by molar-refractivity contribution is 0.182. The fraction of sp³-hybridized carbons (Fsp3) is 0.368. The van der Waals surface area contributed by atoms with Crippen LogP contribution < -0.4 is 10.9 Å². The van der Waals surface area contributed by atoms with Crippen molar-refractivity contribution in [3.8, 4) is 0 Å². The van der Waals surface area contributed by atoms with Gasteiger partial charge in [0.05, 0.1) is 31.1 Å². The highest BCUT2D eigenvalue weighted by Gasteiger charge is 2.33. The topological polar surface area (TPSA) is 81.9 Å². The first kappa shape index (κ1) is 15.5. The normalized spacial score (nSPS) is 22.6. The minimum atomic E-state index is -0.165. The Balaban J connectivity index is 1.48. The van der Waals surface area contributed by atoms with Crippen LogP contribution in [-0.2, 0) is 4.74 Å². The molecule has 0 spiro atoms. The Bertz CT molecular complexity index is 1010. The number of rotatable bonds is 4.